The van der Waals surface area contributed by atoms with Gasteiger partial charge in [0.15, 0.2) is 133 Å². The summed E-state index contributed by atoms with van der Waals surface area (Å²) in [5.74, 6) is -69.7. The van der Waals surface area contributed by atoms with Gasteiger partial charge in [0, 0.05) is 45.0 Å². The van der Waals surface area contributed by atoms with E-state index in [1.807, 2.05) is 0 Å². The molecule has 0 bridgehead atoms. The highest BCUT2D eigenvalue weighted by atomic mass is 16.8. The maximum absolute atomic E-state index is 15.4. The van der Waals surface area contributed by atoms with E-state index in [0.717, 1.165) is 0 Å². The Kier molecular flexibility index (Phi) is 20.7. The SMILES string of the molecule is O=C1OC2C(COC(=O)c3cc(O)c(O)c(O)c3[C@H]3C1=CC(O)=C(O)C3O)O[C@@H](OC(=O)c1cc(O)c(O)c(Oc3c(C(=O)OC4O[C@@H]5OC(=O)c6cc(O)c(O)c(O)c6-c6c(cc(O)c(O)c6O)C(=O)OC5[C@H]5OC(=O)c6cc(O)c(O)c(O)c6-c6c(cc(O)c(O)c6O)C(=O)O[C@@H]45)cc(O)c(O)c3O)c1)C1OC(=O)c3cc(O)c(O)c(O)c3-c3c(cc(O)c(O)c3O)C(=O)O[C@@H]21. The van der Waals surface area contributed by atoms with Crippen molar-refractivity contribution < 1.29 is 258 Å². The summed E-state index contributed by atoms with van der Waals surface area (Å²) in [5, 5.41) is 322. The van der Waals surface area contributed by atoms with Gasteiger partial charge in [-0.15, -0.1) is 0 Å². The zero-order valence-corrected chi connectivity index (χ0v) is 64.8. The number of rotatable bonds is 6. The van der Waals surface area contributed by atoms with Crippen molar-refractivity contribution in [2.75, 3.05) is 6.61 Å². The predicted molar refractivity (Wildman–Crippen MR) is 407 cm³/mol. The lowest BCUT2D eigenvalue weighted by Gasteiger charge is -2.44. The van der Waals surface area contributed by atoms with Crippen LogP contribution < -0.4 is 4.74 Å². The minimum atomic E-state index is -3.21. The zero-order valence-electron chi connectivity index (χ0n) is 64.8. The maximum atomic E-state index is 15.4. The molecule has 16 rings (SSSR count). The number of aliphatic hydroxyl groups is 3. The summed E-state index contributed by atoms with van der Waals surface area (Å²) in [6.45, 7) is -1.53. The van der Waals surface area contributed by atoms with Crippen molar-refractivity contribution in [1.82, 2.24) is 0 Å². The first-order chi connectivity index (χ1) is 62.6. The predicted octanol–water partition coefficient (Wildman–Crippen LogP) is 2.97. The highest BCUT2D eigenvalue weighted by Gasteiger charge is 2.60. The fourth-order valence-corrected chi connectivity index (χ4v) is 15.3. The van der Waals surface area contributed by atoms with Crippen molar-refractivity contribution in [1.29, 1.82) is 0 Å². The number of carbonyl (C=O) groups excluding carboxylic acids is 10. The van der Waals surface area contributed by atoms with Crippen LogP contribution in [0.2, 0.25) is 0 Å². The van der Waals surface area contributed by atoms with Crippen molar-refractivity contribution in [2.24, 2.45) is 0 Å². The summed E-state index contributed by atoms with van der Waals surface area (Å²) in [5.41, 5.74) is -21.9. The number of phenolic OH excluding ortho intramolecular Hbond substituents is 26. The fraction of sp³-hybridized carbons (Fsp3) is 0.160. The van der Waals surface area contributed by atoms with Crippen LogP contribution in [0, 0.1) is 0 Å². The largest absolute Gasteiger partial charge is 0.506 e. The maximum Gasteiger partial charge on any atom is 0.344 e. The van der Waals surface area contributed by atoms with E-state index in [1.54, 1.807) is 0 Å². The van der Waals surface area contributed by atoms with E-state index in [0.29, 0.717) is 12.1 Å². The molecule has 9 aromatic rings. The summed E-state index contributed by atoms with van der Waals surface area (Å²) < 4.78 is 74.3. The zero-order chi connectivity index (χ0) is 96.5. The van der Waals surface area contributed by atoms with Gasteiger partial charge in [-0.1, -0.05) is 0 Å². The van der Waals surface area contributed by atoms with E-state index < -0.39 is 407 Å². The molecule has 6 unspecified atom stereocenters. The van der Waals surface area contributed by atoms with Gasteiger partial charge < -0.3 is 205 Å². The summed E-state index contributed by atoms with van der Waals surface area (Å²) in [7, 11) is 0. The number of benzene rings is 9. The summed E-state index contributed by atoms with van der Waals surface area (Å²) in [6, 6.07) is 2.46. The molecule has 52 heteroatoms. The summed E-state index contributed by atoms with van der Waals surface area (Å²) in [6.07, 6.45) is -31.6. The van der Waals surface area contributed by atoms with Crippen molar-refractivity contribution in [3.63, 3.8) is 0 Å². The van der Waals surface area contributed by atoms with Crippen LogP contribution in [0.3, 0.4) is 0 Å². The Morgan fingerprint density at radius 3 is 1.06 bits per heavy atom. The number of cyclic esters (lactones) is 1. The molecule has 0 radical (unpaired) electrons. The molecule has 133 heavy (non-hydrogen) atoms. The van der Waals surface area contributed by atoms with Gasteiger partial charge in [0.1, 0.15) is 24.4 Å². The smallest absolute Gasteiger partial charge is 0.344 e. The Bertz CT molecular complexity index is 6850. The Labute approximate surface area is 728 Å². The first kappa shape index (κ1) is 87.7. The lowest BCUT2D eigenvalue weighted by atomic mass is 9.79. The summed E-state index contributed by atoms with van der Waals surface area (Å²) >= 11 is 0. The molecule has 1 aliphatic carbocycles. The molecule has 6 heterocycles. The number of carbonyl (C=O) groups is 10. The number of aromatic hydroxyl groups is 26. The van der Waals surface area contributed by atoms with Crippen LogP contribution in [-0.2, 0) is 61.6 Å². The van der Waals surface area contributed by atoms with Crippen molar-refractivity contribution in [3.8, 4) is 194 Å². The number of esters is 10. The van der Waals surface area contributed by atoms with Crippen LogP contribution in [0.4, 0.5) is 0 Å². The van der Waals surface area contributed by atoms with E-state index in [-0.39, 0.29) is 54.6 Å². The molecule has 0 aromatic heterocycles. The number of allylic oxidation sites excluding steroid dienone is 1. The third-order valence-corrected chi connectivity index (χ3v) is 21.6. The molecule has 7 aliphatic rings. The number of hydrogen-bond donors (Lipinski definition) is 29. The van der Waals surface area contributed by atoms with Crippen LogP contribution in [0.1, 0.15) is 105 Å². The van der Waals surface area contributed by atoms with E-state index in [4.69, 9.17) is 61.6 Å². The van der Waals surface area contributed by atoms with Gasteiger partial charge in [-0.05, 0) is 60.7 Å². The quantitative estimate of drug-likeness (QED) is 0.0646. The highest BCUT2D eigenvalue weighted by molar-refractivity contribution is 6.12. The minimum Gasteiger partial charge on any atom is -0.506 e. The number of hydrogen-bond acceptors (Lipinski definition) is 52. The first-order valence-corrected chi connectivity index (χ1v) is 37.0. The van der Waals surface area contributed by atoms with Crippen molar-refractivity contribution in [3.05, 3.63) is 139 Å². The monoisotopic (exact) mass is 1860 g/mol. The molecule has 0 saturated carbocycles. The van der Waals surface area contributed by atoms with E-state index in [1.165, 1.54) is 0 Å². The number of ether oxygens (including phenoxy) is 13. The number of aliphatic hydroxyl groups excluding tert-OH is 3. The highest BCUT2D eigenvalue weighted by Crippen LogP contribution is 2.60. The topological polar surface area (TPSA) is 877 Å². The van der Waals surface area contributed by atoms with Gasteiger partial charge in [-0.3, -0.25) is 4.74 Å². The molecule has 0 spiro atoms. The molecular formula is C81H54O52. The molecule has 690 valence electrons. The van der Waals surface area contributed by atoms with E-state index in [9.17, 15) is 162 Å². The lowest BCUT2D eigenvalue weighted by molar-refractivity contribution is -0.322. The van der Waals surface area contributed by atoms with Crippen LogP contribution >= 0.6 is 0 Å². The van der Waals surface area contributed by atoms with E-state index in [2.05, 4.69) is 0 Å². The minimum absolute atomic E-state index is 0.0853. The normalized spacial score (nSPS) is 21.9. The molecular weight excluding hydrogens is 1800 g/mol. The standard InChI is InChI=1S/C81H54O52/c82-23-1-13(69(111)130-79-66-64(125-72(114)16-5-26(85)46(95)55(104)37(16)39-18(74(116)127-66)7-28(87)48(97)57(39)106)63-34(123-79)12-121-70(112)14-3-24(83)44(93)53(102)35(14)36-15(71(113)124-63)4-25(84)45(94)54(36)103)2-33(43(23)92)122-62-22(11-32(91)52(101)61(62)110)78(120)132-81-68-65(126-73(115)17-6-27(86)47(96)56(105)38(17)40-19(75(117)129-68)8-29(88)49(98)58(40)107)67-80(133-81)131-77(119)21-10-31(90)51(100)60(109)42(21)41-20(76(118)128-67)9-30(89)50(99)59(41)108/h1-11,34,36,54,63-68,79-110H,12H2/t34?,36-,54?,63?,64+,65-,66?,67?,68-,79+,80+,81?/m1/s1. The fourth-order valence-electron chi connectivity index (χ4n) is 15.3. The van der Waals surface area contributed by atoms with Gasteiger partial charge in [-0.25, -0.2) is 47.9 Å². The first-order valence-electron chi connectivity index (χ1n) is 37.0. The van der Waals surface area contributed by atoms with Crippen molar-refractivity contribution in [2.45, 2.75) is 73.6 Å². The average molecular weight is 1860 g/mol. The number of phenols is 26. The van der Waals surface area contributed by atoms with Crippen LogP contribution in [0.25, 0.3) is 33.4 Å². The third-order valence-electron chi connectivity index (χ3n) is 21.6. The second kappa shape index (κ2) is 31.4. The van der Waals surface area contributed by atoms with Crippen molar-refractivity contribution >= 4 is 59.7 Å². The Hall–Kier alpha value is -18.8. The van der Waals surface area contributed by atoms with Crippen LogP contribution in [0.5, 0.6) is 161 Å². The van der Waals surface area contributed by atoms with E-state index >= 15 is 33.6 Å². The molecule has 6 aliphatic heterocycles. The second-order valence-electron chi connectivity index (χ2n) is 29.3. The Morgan fingerprint density at radius 1 is 0.308 bits per heavy atom. The average Bonchev–Trinajstić information content (AvgIpc) is 1.27. The molecule has 9 aromatic carbocycles. The van der Waals surface area contributed by atoms with Crippen LogP contribution in [0.15, 0.2) is 83.8 Å². The van der Waals surface area contributed by atoms with Gasteiger partial charge in [0.05, 0.1) is 56.0 Å². The Morgan fingerprint density at radius 2 is 0.639 bits per heavy atom. The lowest BCUT2D eigenvalue weighted by Crippen LogP contribution is -2.63. The van der Waals surface area contributed by atoms with Crippen LogP contribution in [-0.4, -0.2) is 282 Å². The van der Waals surface area contributed by atoms with Gasteiger partial charge in [0.25, 0.3) is 0 Å². The van der Waals surface area contributed by atoms with Gasteiger partial charge in [-0.2, -0.15) is 0 Å². The number of fused-ring (bicyclic) bond motifs is 18. The van der Waals surface area contributed by atoms with Gasteiger partial charge >= 0.3 is 59.7 Å². The Balaban J connectivity index is 0.805. The second-order valence-corrected chi connectivity index (χ2v) is 29.3. The molecule has 29 N–H and O–H groups in total. The third kappa shape index (κ3) is 13.8. The molecule has 2 fully saturated rings. The molecule has 0 amide bonds. The summed E-state index contributed by atoms with van der Waals surface area (Å²) in [4.78, 5) is 150. The molecule has 52 nitrogen and oxygen atoms in total. The molecule has 2 saturated heterocycles. The van der Waals surface area contributed by atoms with Gasteiger partial charge in [0.2, 0.25) is 94.7 Å². The molecule has 12 atom stereocenters.